The SMILES string of the molecule is O=C(Nc1ccc(Cl)cc1Cl)C1CCc2nc[nH]c2C1. The molecule has 2 aromatic rings. The summed E-state index contributed by atoms with van der Waals surface area (Å²) in [5, 5.41) is 3.86. The first-order valence-electron chi connectivity index (χ1n) is 6.40. The average molecular weight is 310 g/mol. The first kappa shape index (κ1) is 13.5. The van der Waals surface area contributed by atoms with E-state index in [4.69, 9.17) is 23.2 Å². The number of halogens is 2. The zero-order valence-corrected chi connectivity index (χ0v) is 12.1. The zero-order chi connectivity index (χ0) is 14.1. The second-order valence-corrected chi connectivity index (χ2v) is 5.72. The number of fused-ring (bicyclic) bond motifs is 1. The van der Waals surface area contributed by atoms with Crippen LogP contribution in [0, 0.1) is 5.92 Å². The lowest BCUT2D eigenvalue weighted by atomic mass is 9.89. The van der Waals surface area contributed by atoms with Crippen LogP contribution in [0.4, 0.5) is 5.69 Å². The first-order chi connectivity index (χ1) is 9.63. The van der Waals surface area contributed by atoms with Crippen molar-refractivity contribution in [3.05, 3.63) is 46.0 Å². The summed E-state index contributed by atoms with van der Waals surface area (Å²) < 4.78 is 0. The summed E-state index contributed by atoms with van der Waals surface area (Å²) in [5.74, 6) is -0.0795. The van der Waals surface area contributed by atoms with Crippen LogP contribution in [0.3, 0.4) is 0 Å². The molecule has 1 unspecified atom stereocenters. The molecule has 0 saturated carbocycles. The van der Waals surface area contributed by atoms with Crippen LogP contribution >= 0.6 is 23.2 Å². The van der Waals surface area contributed by atoms with Crippen LogP contribution in [-0.2, 0) is 17.6 Å². The highest BCUT2D eigenvalue weighted by Gasteiger charge is 2.26. The lowest BCUT2D eigenvalue weighted by Gasteiger charge is -2.21. The summed E-state index contributed by atoms with van der Waals surface area (Å²) in [6.07, 6.45) is 3.99. The number of rotatable bonds is 2. The van der Waals surface area contributed by atoms with E-state index in [0.717, 1.165) is 24.2 Å². The molecule has 0 radical (unpaired) electrons. The number of H-pyrrole nitrogens is 1. The number of nitrogens with zero attached hydrogens (tertiary/aromatic N) is 1. The molecule has 104 valence electrons. The van der Waals surface area contributed by atoms with Gasteiger partial charge in [0.2, 0.25) is 5.91 Å². The van der Waals surface area contributed by atoms with E-state index in [-0.39, 0.29) is 11.8 Å². The summed E-state index contributed by atoms with van der Waals surface area (Å²) in [7, 11) is 0. The number of hydrogen-bond acceptors (Lipinski definition) is 2. The Morgan fingerprint density at radius 2 is 2.25 bits per heavy atom. The molecule has 1 amide bonds. The smallest absolute Gasteiger partial charge is 0.227 e. The van der Waals surface area contributed by atoms with Crippen molar-refractivity contribution in [3.8, 4) is 0 Å². The fourth-order valence-corrected chi connectivity index (χ4v) is 2.91. The van der Waals surface area contributed by atoms with E-state index in [2.05, 4.69) is 15.3 Å². The predicted molar refractivity (Wildman–Crippen MR) is 79.2 cm³/mol. The molecule has 6 heteroatoms. The maximum absolute atomic E-state index is 12.3. The number of nitrogens with one attached hydrogen (secondary N) is 2. The molecule has 0 fully saturated rings. The lowest BCUT2D eigenvalue weighted by molar-refractivity contribution is -0.120. The molecule has 20 heavy (non-hydrogen) atoms. The number of aromatic nitrogens is 2. The minimum absolute atomic E-state index is 0.0190. The van der Waals surface area contributed by atoms with Crippen LogP contribution in [0.5, 0.6) is 0 Å². The Labute approximate surface area is 126 Å². The molecule has 0 aliphatic heterocycles. The number of aryl methyl sites for hydroxylation is 1. The van der Waals surface area contributed by atoms with Crippen LogP contribution in [0.1, 0.15) is 17.8 Å². The number of hydrogen-bond donors (Lipinski definition) is 2. The highest BCUT2D eigenvalue weighted by atomic mass is 35.5. The van der Waals surface area contributed by atoms with Crippen molar-refractivity contribution < 1.29 is 4.79 Å². The van der Waals surface area contributed by atoms with Crippen molar-refractivity contribution in [3.63, 3.8) is 0 Å². The van der Waals surface area contributed by atoms with E-state index >= 15 is 0 Å². The zero-order valence-electron chi connectivity index (χ0n) is 10.6. The molecule has 2 N–H and O–H groups in total. The van der Waals surface area contributed by atoms with Crippen molar-refractivity contribution in [2.75, 3.05) is 5.32 Å². The Balaban J connectivity index is 1.71. The molecular weight excluding hydrogens is 297 g/mol. The summed E-state index contributed by atoms with van der Waals surface area (Å²) in [6.45, 7) is 0. The van der Waals surface area contributed by atoms with Gasteiger partial charge in [-0.2, -0.15) is 0 Å². The van der Waals surface area contributed by atoms with Gasteiger partial charge in [0, 0.05) is 23.1 Å². The Morgan fingerprint density at radius 1 is 1.40 bits per heavy atom. The predicted octanol–water partition coefficient (Wildman–Crippen LogP) is 3.46. The number of imidazole rings is 1. The highest BCUT2D eigenvalue weighted by molar-refractivity contribution is 6.36. The quantitative estimate of drug-likeness (QED) is 0.892. The van der Waals surface area contributed by atoms with Crippen molar-refractivity contribution in [2.24, 2.45) is 5.92 Å². The van der Waals surface area contributed by atoms with E-state index in [9.17, 15) is 4.79 Å². The third kappa shape index (κ3) is 2.67. The highest BCUT2D eigenvalue weighted by Crippen LogP contribution is 2.28. The first-order valence-corrected chi connectivity index (χ1v) is 7.16. The molecule has 1 atom stereocenters. The molecule has 1 heterocycles. The number of benzene rings is 1. The minimum Gasteiger partial charge on any atom is -0.348 e. The fourth-order valence-electron chi connectivity index (χ4n) is 2.45. The fraction of sp³-hybridized carbons (Fsp3) is 0.286. The third-order valence-electron chi connectivity index (χ3n) is 3.55. The van der Waals surface area contributed by atoms with Crippen LogP contribution in [-0.4, -0.2) is 15.9 Å². The van der Waals surface area contributed by atoms with Crippen molar-refractivity contribution in [2.45, 2.75) is 19.3 Å². The van der Waals surface area contributed by atoms with Gasteiger partial charge < -0.3 is 10.3 Å². The van der Waals surface area contributed by atoms with Crippen molar-refractivity contribution >= 4 is 34.8 Å². The number of carbonyl (C=O) groups is 1. The van der Waals surface area contributed by atoms with Crippen LogP contribution in [0.2, 0.25) is 10.0 Å². The molecule has 1 aromatic carbocycles. The van der Waals surface area contributed by atoms with E-state index in [0.29, 0.717) is 22.2 Å². The van der Waals surface area contributed by atoms with Crippen LogP contribution < -0.4 is 5.32 Å². The molecule has 1 aliphatic rings. The lowest BCUT2D eigenvalue weighted by Crippen LogP contribution is -2.28. The molecule has 0 saturated heterocycles. The molecule has 0 spiro atoms. The van der Waals surface area contributed by atoms with Gasteiger partial charge >= 0.3 is 0 Å². The molecule has 0 bridgehead atoms. The Morgan fingerprint density at radius 3 is 3.05 bits per heavy atom. The largest absolute Gasteiger partial charge is 0.348 e. The summed E-state index contributed by atoms with van der Waals surface area (Å²) >= 11 is 11.9. The van der Waals surface area contributed by atoms with Gasteiger partial charge in [-0.15, -0.1) is 0 Å². The van der Waals surface area contributed by atoms with Gasteiger partial charge in [0.25, 0.3) is 0 Å². The Hall–Kier alpha value is -1.52. The van der Waals surface area contributed by atoms with E-state index in [1.165, 1.54) is 0 Å². The topological polar surface area (TPSA) is 57.8 Å². The van der Waals surface area contributed by atoms with Gasteiger partial charge in [-0.25, -0.2) is 4.98 Å². The summed E-state index contributed by atoms with van der Waals surface area (Å²) in [5.41, 5.74) is 2.72. The number of amides is 1. The molecular formula is C14H13Cl2N3O. The molecule has 3 rings (SSSR count). The maximum Gasteiger partial charge on any atom is 0.227 e. The van der Waals surface area contributed by atoms with E-state index in [1.807, 2.05) is 0 Å². The molecule has 4 nitrogen and oxygen atoms in total. The van der Waals surface area contributed by atoms with Gasteiger partial charge in [0.05, 0.1) is 22.7 Å². The normalized spacial score (nSPS) is 17.6. The third-order valence-corrected chi connectivity index (χ3v) is 4.10. The van der Waals surface area contributed by atoms with Gasteiger partial charge in [0.1, 0.15) is 0 Å². The Bertz CT molecular complexity index is 654. The minimum atomic E-state index is -0.0605. The monoisotopic (exact) mass is 309 g/mol. The Kier molecular flexibility index (Phi) is 3.68. The van der Waals surface area contributed by atoms with Crippen molar-refractivity contribution in [1.82, 2.24) is 9.97 Å². The van der Waals surface area contributed by atoms with Gasteiger partial charge in [0.15, 0.2) is 0 Å². The van der Waals surface area contributed by atoms with Gasteiger partial charge in [-0.05, 0) is 31.0 Å². The maximum atomic E-state index is 12.3. The summed E-state index contributed by atoms with van der Waals surface area (Å²) in [6, 6.07) is 5.04. The standard InChI is InChI=1S/C14H13Cl2N3O/c15-9-2-4-11(10(16)6-9)19-14(20)8-1-3-12-13(5-8)18-7-17-12/h2,4,6-8H,1,3,5H2,(H,17,18)(H,19,20). The van der Waals surface area contributed by atoms with Gasteiger partial charge in [-0.1, -0.05) is 23.2 Å². The second kappa shape index (κ2) is 5.46. The second-order valence-electron chi connectivity index (χ2n) is 4.88. The molecule has 1 aromatic heterocycles. The van der Waals surface area contributed by atoms with Crippen LogP contribution in [0.15, 0.2) is 24.5 Å². The van der Waals surface area contributed by atoms with Crippen molar-refractivity contribution in [1.29, 1.82) is 0 Å². The van der Waals surface area contributed by atoms with Crippen LogP contribution in [0.25, 0.3) is 0 Å². The number of anilines is 1. The average Bonchev–Trinajstić information content (AvgIpc) is 2.89. The van der Waals surface area contributed by atoms with E-state index < -0.39 is 0 Å². The van der Waals surface area contributed by atoms with Gasteiger partial charge in [-0.3, -0.25) is 4.79 Å². The summed E-state index contributed by atoms with van der Waals surface area (Å²) in [4.78, 5) is 19.6. The number of carbonyl (C=O) groups excluding carboxylic acids is 1. The number of aromatic amines is 1. The van der Waals surface area contributed by atoms with E-state index in [1.54, 1.807) is 24.5 Å². The molecule has 1 aliphatic carbocycles.